The van der Waals surface area contributed by atoms with Gasteiger partial charge >= 0.3 is 6.36 Å². The molecule has 0 bridgehead atoms. The number of hydrogen-bond donors (Lipinski definition) is 0. The third kappa shape index (κ3) is 5.81. The fourth-order valence-electron chi connectivity index (χ4n) is 3.56. The third-order valence-electron chi connectivity index (χ3n) is 5.38. The Balaban J connectivity index is 1.66. The van der Waals surface area contributed by atoms with Gasteiger partial charge in [-0.3, -0.25) is 0 Å². The van der Waals surface area contributed by atoms with Crippen molar-refractivity contribution < 1.29 is 27.4 Å². The summed E-state index contributed by atoms with van der Waals surface area (Å²) in [5.74, 6) is 1.20. The molecule has 0 saturated heterocycles. The van der Waals surface area contributed by atoms with Crippen molar-refractivity contribution in [2.75, 3.05) is 13.2 Å². The van der Waals surface area contributed by atoms with Gasteiger partial charge in [-0.05, 0) is 56.6 Å². The number of benzene rings is 1. The molecular formula is C21H27F3O3. The summed E-state index contributed by atoms with van der Waals surface area (Å²) in [7, 11) is 0. The standard InChI is InChI=1S/C21H27F3O3/c1-15-18(25-13-5-10-16-6-2-3-7-16)11-12-19(20(15)27-21(22,23)24)26-14-17-8-4-9-17/h5,10-12,16-17H,2-4,6-9,13-14H2,1H3/b10-5+. The summed E-state index contributed by atoms with van der Waals surface area (Å²) >= 11 is 0. The molecule has 0 atom stereocenters. The van der Waals surface area contributed by atoms with Gasteiger partial charge in [0.15, 0.2) is 11.5 Å². The molecule has 27 heavy (non-hydrogen) atoms. The molecule has 0 aliphatic heterocycles. The van der Waals surface area contributed by atoms with E-state index in [9.17, 15) is 13.2 Å². The van der Waals surface area contributed by atoms with E-state index >= 15 is 0 Å². The first-order valence-electron chi connectivity index (χ1n) is 9.74. The van der Waals surface area contributed by atoms with Crippen LogP contribution in [-0.2, 0) is 0 Å². The Bertz CT molecular complexity index is 645. The molecule has 0 radical (unpaired) electrons. The Morgan fingerprint density at radius 3 is 2.33 bits per heavy atom. The van der Waals surface area contributed by atoms with Crippen LogP contribution in [0.3, 0.4) is 0 Å². The van der Waals surface area contributed by atoms with Crippen LogP contribution in [0.25, 0.3) is 0 Å². The van der Waals surface area contributed by atoms with Crippen LogP contribution in [0.5, 0.6) is 17.2 Å². The first-order chi connectivity index (χ1) is 12.9. The molecule has 0 N–H and O–H groups in total. The normalized spacial score (nSPS) is 18.7. The second-order valence-electron chi connectivity index (χ2n) is 7.46. The molecule has 150 valence electrons. The lowest BCUT2D eigenvalue weighted by Gasteiger charge is -2.26. The molecule has 0 heterocycles. The molecule has 0 spiro atoms. The zero-order valence-electron chi connectivity index (χ0n) is 15.7. The van der Waals surface area contributed by atoms with Crippen LogP contribution in [-0.4, -0.2) is 19.6 Å². The van der Waals surface area contributed by atoms with E-state index in [2.05, 4.69) is 10.8 Å². The van der Waals surface area contributed by atoms with E-state index in [1.54, 1.807) is 13.0 Å². The summed E-state index contributed by atoms with van der Waals surface area (Å²) in [5, 5.41) is 0. The van der Waals surface area contributed by atoms with E-state index in [1.165, 1.54) is 31.7 Å². The van der Waals surface area contributed by atoms with Crippen molar-refractivity contribution >= 4 is 0 Å². The molecule has 0 amide bonds. The minimum Gasteiger partial charge on any atom is -0.489 e. The monoisotopic (exact) mass is 384 g/mol. The Kier molecular flexibility index (Phi) is 6.55. The summed E-state index contributed by atoms with van der Waals surface area (Å²) in [6.07, 6.45) is 7.50. The Morgan fingerprint density at radius 2 is 1.70 bits per heavy atom. The van der Waals surface area contributed by atoms with Gasteiger partial charge < -0.3 is 14.2 Å². The van der Waals surface area contributed by atoms with Gasteiger partial charge in [0.25, 0.3) is 0 Å². The van der Waals surface area contributed by atoms with Crippen molar-refractivity contribution in [1.29, 1.82) is 0 Å². The maximum Gasteiger partial charge on any atom is 0.573 e. The minimum absolute atomic E-state index is 0.116. The van der Waals surface area contributed by atoms with Crippen molar-refractivity contribution in [2.24, 2.45) is 11.8 Å². The van der Waals surface area contributed by atoms with Crippen molar-refractivity contribution in [3.05, 3.63) is 29.8 Å². The van der Waals surface area contributed by atoms with Crippen LogP contribution >= 0.6 is 0 Å². The van der Waals surface area contributed by atoms with Crippen LogP contribution in [0.2, 0.25) is 0 Å². The van der Waals surface area contributed by atoms with Gasteiger partial charge in [0, 0.05) is 5.56 Å². The molecule has 3 rings (SSSR count). The maximum absolute atomic E-state index is 12.9. The van der Waals surface area contributed by atoms with Crippen molar-refractivity contribution in [2.45, 2.75) is 58.2 Å². The van der Waals surface area contributed by atoms with Gasteiger partial charge in [0.05, 0.1) is 6.61 Å². The van der Waals surface area contributed by atoms with Crippen LogP contribution in [0.4, 0.5) is 13.2 Å². The highest BCUT2D eigenvalue weighted by Crippen LogP contribution is 2.41. The number of ether oxygens (including phenoxy) is 3. The molecule has 2 fully saturated rings. The molecule has 2 aliphatic rings. The van der Waals surface area contributed by atoms with Crippen LogP contribution in [0.15, 0.2) is 24.3 Å². The molecule has 0 aromatic heterocycles. The average molecular weight is 384 g/mol. The smallest absolute Gasteiger partial charge is 0.489 e. The number of allylic oxidation sites excluding steroid dienone is 1. The van der Waals surface area contributed by atoms with Gasteiger partial charge in [-0.2, -0.15) is 0 Å². The van der Waals surface area contributed by atoms with Gasteiger partial charge in [-0.15, -0.1) is 13.2 Å². The highest BCUT2D eigenvalue weighted by atomic mass is 19.4. The van der Waals surface area contributed by atoms with E-state index in [4.69, 9.17) is 9.47 Å². The maximum atomic E-state index is 12.9. The Labute approximate surface area is 158 Å². The van der Waals surface area contributed by atoms with E-state index in [0.717, 1.165) is 19.3 Å². The predicted molar refractivity (Wildman–Crippen MR) is 97.3 cm³/mol. The molecule has 3 nitrogen and oxygen atoms in total. The second kappa shape index (κ2) is 8.89. The van der Waals surface area contributed by atoms with E-state index < -0.39 is 6.36 Å². The molecule has 2 aliphatic carbocycles. The molecule has 0 unspecified atom stereocenters. The molecule has 1 aromatic rings. The van der Waals surface area contributed by atoms with Crippen molar-refractivity contribution in [3.63, 3.8) is 0 Å². The summed E-state index contributed by atoms with van der Waals surface area (Å²) in [5.41, 5.74) is 0.299. The lowest BCUT2D eigenvalue weighted by molar-refractivity contribution is -0.275. The highest BCUT2D eigenvalue weighted by Gasteiger charge is 2.34. The topological polar surface area (TPSA) is 27.7 Å². The number of halogens is 3. The van der Waals surface area contributed by atoms with E-state index in [-0.39, 0.29) is 11.5 Å². The van der Waals surface area contributed by atoms with Crippen LogP contribution < -0.4 is 14.2 Å². The van der Waals surface area contributed by atoms with Crippen LogP contribution in [0.1, 0.15) is 50.5 Å². The van der Waals surface area contributed by atoms with Gasteiger partial charge in [-0.1, -0.05) is 31.4 Å². The summed E-state index contributed by atoms with van der Waals surface area (Å²) in [6.45, 7) is 2.30. The van der Waals surface area contributed by atoms with Crippen LogP contribution in [0, 0.1) is 18.8 Å². The van der Waals surface area contributed by atoms with Gasteiger partial charge in [-0.25, -0.2) is 0 Å². The molecule has 2 saturated carbocycles. The van der Waals surface area contributed by atoms with Crippen molar-refractivity contribution in [3.8, 4) is 17.2 Å². The first kappa shape index (κ1) is 19.9. The van der Waals surface area contributed by atoms with Crippen molar-refractivity contribution in [1.82, 2.24) is 0 Å². The van der Waals surface area contributed by atoms with E-state index in [1.807, 2.05) is 6.08 Å². The zero-order chi connectivity index (χ0) is 19.3. The summed E-state index contributed by atoms with van der Waals surface area (Å²) in [6, 6.07) is 3.15. The number of hydrogen-bond acceptors (Lipinski definition) is 3. The SMILES string of the molecule is Cc1c(OC/C=C/C2CCCC2)ccc(OCC2CCC2)c1OC(F)(F)F. The Morgan fingerprint density at radius 1 is 1.00 bits per heavy atom. The highest BCUT2D eigenvalue weighted by molar-refractivity contribution is 5.53. The predicted octanol–water partition coefficient (Wildman–Crippen LogP) is 6.20. The lowest BCUT2D eigenvalue weighted by atomic mass is 9.86. The molecule has 6 heteroatoms. The zero-order valence-corrected chi connectivity index (χ0v) is 15.7. The van der Waals surface area contributed by atoms with E-state index in [0.29, 0.717) is 36.4 Å². The largest absolute Gasteiger partial charge is 0.573 e. The summed E-state index contributed by atoms with van der Waals surface area (Å²) < 4.78 is 54.1. The van der Waals surface area contributed by atoms with Gasteiger partial charge in [0.2, 0.25) is 0 Å². The van der Waals surface area contributed by atoms with Gasteiger partial charge in [0.1, 0.15) is 12.4 Å². The molecule has 1 aromatic carbocycles. The fraction of sp³-hybridized carbons (Fsp3) is 0.619. The quantitative estimate of drug-likeness (QED) is 0.500. The lowest BCUT2D eigenvalue weighted by Crippen LogP contribution is -2.21. The first-order valence-corrected chi connectivity index (χ1v) is 9.74. The minimum atomic E-state index is -4.78. The number of rotatable bonds is 8. The Hall–Kier alpha value is -1.85. The fourth-order valence-corrected chi connectivity index (χ4v) is 3.56. The second-order valence-corrected chi connectivity index (χ2v) is 7.46. The summed E-state index contributed by atoms with van der Waals surface area (Å²) in [4.78, 5) is 0. The number of alkyl halides is 3. The third-order valence-corrected chi connectivity index (χ3v) is 5.38. The molecular weight excluding hydrogens is 357 g/mol. The average Bonchev–Trinajstić information content (AvgIpc) is 3.07.